The highest BCUT2D eigenvalue weighted by Crippen LogP contribution is 2.56. The fourth-order valence-electron chi connectivity index (χ4n) is 2.60. The number of thiophene rings is 1. The normalized spacial score (nSPS) is 29.5. The molecular formula is C12H17NS2. The van der Waals surface area contributed by atoms with Crippen molar-refractivity contribution in [2.45, 2.75) is 42.9 Å². The van der Waals surface area contributed by atoms with E-state index in [-0.39, 0.29) is 0 Å². The van der Waals surface area contributed by atoms with Crippen molar-refractivity contribution in [2.75, 3.05) is 6.54 Å². The summed E-state index contributed by atoms with van der Waals surface area (Å²) in [4.78, 5) is 0. The molecule has 1 saturated heterocycles. The van der Waals surface area contributed by atoms with Gasteiger partial charge in [0.05, 0.1) is 4.21 Å². The molecule has 15 heavy (non-hydrogen) atoms. The van der Waals surface area contributed by atoms with Gasteiger partial charge in [0.1, 0.15) is 0 Å². The van der Waals surface area contributed by atoms with E-state index in [0.717, 1.165) is 11.5 Å². The molecule has 1 aromatic rings. The van der Waals surface area contributed by atoms with E-state index in [4.69, 9.17) is 0 Å². The molecule has 82 valence electrons. The van der Waals surface area contributed by atoms with Crippen molar-refractivity contribution in [1.29, 1.82) is 0 Å². The molecule has 1 spiro atoms. The molecule has 1 saturated carbocycles. The molecule has 0 N–H and O–H groups in total. The van der Waals surface area contributed by atoms with Gasteiger partial charge in [0, 0.05) is 12.6 Å². The first-order chi connectivity index (χ1) is 7.27. The molecule has 1 nitrogen and oxygen atoms in total. The predicted octanol–water partition coefficient (Wildman–Crippen LogP) is 4.02. The van der Waals surface area contributed by atoms with Gasteiger partial charge in [-0.2, -0.15) is 0 Å². The van der Waals surface area contributed by atoms with E-state index in [0.29, 0.717) is 0 Å². The number of hydrogen-bond donors (Lipinski definition) is 0. The van der Waals surface area contributed by atoms with Crippen LogP contribution in [0.15, 0.2) is 21.7 Å². The lowest BCUT2D eigenvalue weighted by Crippen LogP contribution is -2.36. The van der Waals surface area contributed by atoms with Crippen LogP contribution in [0.4, 0.5) is 0 Å². The Bertz CT molecular complexity index is 329. The summed E-state index contributed by atoms with van der Waals surface area (Å²) in [5.74, 6) is 0. The highest BCUT2D eigenvalue weighted by molar-refractivity contribution is 7.98. The SMILES string of the molecule is CC1CC2(CCN1Sc1cccs1)CC2. The third-order valence-electron chi connectivity index (χ3n) is 3.74. The maximum atomic E-state index is 2.58. The fraction of sp³-hybridized carbons (Fsp3) is 0.667. The highest BCUT2D eigenvalue weighted by Gasteiger charge is 2.47. The van der Waals surface area contributed by atoms with E-state index in [1.54, 1.807) is 0 Å². The van der Waals surface area contributed by atoms with Crippen LogP contribution < -0.4 is 0 Å². The Morgan fingerprint density at radius 3 is 2.93 bits per heavy atom. The maximum Gasteiger partial charge on any atom is 0.0753 e. The molecular weight excluding hydrogens is 222 g/mol. The molecule has 0 radical (unpaired) electrons. The lowest BCUT2D eigenvalue weighted by Gasteiger charge is -2.36. The molecule has 0 amide bonds. The second-order valence-corrected chi connectivity index (χ2v) is 7.26. The largest absolute Gasteiger partial charge is 0.243 e. The van der Waals surface area contributed by atoms with Gasteiger partial charge in [-0.15, -0.1) is 11.3 Å². The highest BCUT2D eigenvalue weighted by atomic mass is 32.2. The molecule has 1 unspecified atom stereocenters. The molecule has 1 aromatic heterocycles. The van der Waals surface area contributed by atoms with Crippen LogP contribution in [-0.2, 0) is 0 Å². The summed E-state index contributed by atoms with van der Waals surface area (Å²) in [6.45, 7) is 3.67. The lowest BCUT2D eigenvalue weighted by molar-refractivity contribution is 0.209. The zero-order valence-corrected chi connectivity index (χ0v) is 10.7. The van der Waals surface area contributed by atoms with Crippen molar-refractivity contribution in [3.63, 3.8) is 0 Å². The van der Waals surface area contributed by atoms with Crippen molar-refractivity contribution in [3.05, 3.63) is 17.5 Å². The van der Waals surface area contributed by atoms with Crippen molar-refractivity contribution >= 4 is 23.3 Å². The Balaban J connectivity index is 1.62. The van der Waals surface area contributed by atoms with Crippen LogP contribution >= 0.6 is 23.3 Å². The topological polar surface area (TPSA) is 3.24 Å². The van der Waals surface area contributed by atoms with Gasteiger partial charge in [-0.1, -0.05) is 6.07 Å². The van der Waals surface area contributed by atoms with Gasteiger partial charge < -0.3 is 0 Å². The first kappa shape index (κ1) is 10.2. The summed E-state index contributed by atoms with van der Waals surface area (Å²) in [6, 6.07) is 5.13. The van der Waals surface area contributed by atoms with E-state index in [1.165, 1.54) is 36.4 Å². The van der Waals surface area contributed by atoms with Crippen molar-refractivity contribution in [2.24, 2.45) is 5.41 Å². The zero-order chi connectivity index (χ0) is 10.3. The quantitative estimate of drug-likeness (QED) is 0.717. The van der Waals surface area contributed by atoms with E-state index in [1.807, 2.05) is 23.3 Å². The Kier molecular flexibility index (Phi) is 2.57. The summed E-state index contributed by atoms with van der Waals surface area (Å²) in [7, 11) is 0. The molecule has 2 heterocycles. The molecule has 3 rings (SSSR count). The molecule has 1 atom stereocenters. The number of rotatable bonds is 2. The molecule has 1 aliphatic heterocycles. The summed E-state index contributed by atoms with van der Waals surface area (Å²) in [5.41, 5.74) is 0.784. The Morgan fingerprint density at radius 1 is 1.47 bits per heavy atom. The second-order valence-electron chi connectivity index (χ2n) is 4.97. The Morgan fingerprint density at radius 2 is 2.33 bits per heavy atom. The summed E-state index contributed by atoms with van der Waals surface area (Å²) >= 11 is 3.82. The molecule has 3 heteroatoms. The molecule has 0 aromatic carbocycles. The van der Waals surface area contributed by atoms with Gasteiger partial charge in [-0.25, -0.2) is 4.31 Å². The molecule has 2 fully saturated rings. The average Bonchev–Trinajstić information content (AvgIpc) is 2.78. The van der Waals surface area contributed by atoms with Crippen LogP contribution in [0.2, 0.25) is 0 Å². The van der Waals surface area contributed by atoms with Crippen LogP contribution in [0, 0.1) is 5.41 Å². The third kappa shape index (κ3) is 2.10. The van der Waals surface area contributed by atoms with Crippen LogP contribution in [0.25, 0.3) is 0 Å². The molecule has 1 aliphatic carbocycles. The molecule has 0 bridgehead atoms. The van der Waals surface area contributed by atoms with Crippen LogP contribution in [0.5, 0.6) is 0 Å². The minimum atomic E-state index is 0.758. The van der Waals surface area contributed by atoms with E-state index in [9.17, 15) is 0 Å². The van der Waals surface area contributed by atoms with Crippen LogP contribution in [0.3, 0.4) is 0 Å². The van der Waals surface area contributed by atoms with E-state index >= 15 is 0 Å². The smallest absolute Gasteiger partial charge is 0.0753 e. The third-order valence-corrected chi connectivity index (χ3v) is 6.01. The number of hydrogen-bond acceptors (Lipinski definition) is 3. The van der Waals surface area contributed by atoms with Gasteiger partial charge in [0.15, 0.2) is 0 Å². The first-order valence-electron chi connectivity index (χ1n) is 5.76. The Hall–Kier alpha value is 0.01000. The lowest BCUT2D eigenvalue weighted by atomic mass is 9.90. The standard InChI is InChI=1S/C12H17NS2/c1-10-9-12(4-5-12)6-7-13(10)15-11-3-2-8-14-11/h2-3,8,10H,4-7,9H2,1H3. The van der Waals surface area contributed by atoms with E-state index < -0.39 is 0 Å². The minimum absolute atomic E-state index is 0.758. The summed E-state index contributed by atoms with van der Waals surface area (Å²) in [6.07, 6.45) is 5.84. The van der Waals surface area contributed by atoms with Crippen LogP contribution in [-0.4, -0.2) is 16.9 Å². The van der Waals surface area contributed by atoms with Crippen molar-refractivity contribution in [3.8, 4) is 0 Å². The zero-order valence-electron chi connectivity index (χ0n) is 9.11. The molecule has 2 aliphatic rings. The monoisotopic (exact) mass is 239 g/mol. The average molecular weight is 239 g/mol. The van der Waals surface area contributed by atoms with E-state index in [2.05, 4.69) is 28.7 Å². The fourth-order valence-corrected chi connectivity index (χ4v) is 4.48. The van der Waals surface area contributed by atoms with Gasteiger partial charge in [0.25, 0.3) is 0 Å². The summed E-state index contributed by atoms with van der Waals surface area (Å²) in [5, 5.41) is 2.17. The van der Waals surface area contributed by atoms with Gasteiger partial charge >= 0.3 is 0 Å². The van der Waals surface area contributed by atoms with Gasteiger partial charge in [-0.05, 0) is 61.4 Å². The van der Waals surface area contributed by atoms with Gasteiger partial charge in [0.2, 0.25) is 0 Å². The van der Waals surface area contributed by atoms with Crippen molar-refractivity contribution < 1.29 is 0 Å². The van der Waals surface area contributed by atoms with Crippen LogP contribution in [0.1, 0.15) is 32.6 Å². The first-order valence-corrected chi connectivity index (χ1v) is 7.41. The number of nitrogens with zero attached hydrogens (tertiary/aromatic N) is 1. The second kappa shape index (κ2) is 3.79. The Labute approximate surface area is 100.0 Å². The number of piperidine rings is 1. The van der Waals surface area contributed by atoms with Gasteiger partial charge in [-0.3, -0.25) is 0 Å². The van der Waals surface area contributed by atoms with Crippen molar-refractivity contribution in [1.82, 2.24) is 4.31 Å². The minimum Gasteiger partial charge on any atom is -0.243 e. The summed E-state index contributed by atoms with van der Waals surface area (Å²) < 4.78 is 4.02. The predicted molar refractivity (Wildman–Crippen MR) is 67.2 cm³/mol. The maximum absolute atomic E-state index is 2.58.